The summed E-state index contributed by atoms with van der Waals surface area (Å²) in [6.07, 6.45) is 0.0967. The molecule has 0 atom stereocenters. The van der Waals surface area contributed by atoms with Crippen molar-refractivity contribution in [3.05, 3.63) is 18.2 Å². The van der Waals surface area contributed by atoms with E-state index in [2.05, 4.69) is 10.2 Å². The van der Waals surface area contributed by atoms with Crippen molar-refractivity contribution in [2.75, 3.05) is 24.7 Å². The number of anilines is 2. The van der Waals surface area contributed by atoms with E-state index >= 15 is 0 Å². The predicted octanol–water partition coefficient (Wildman–Crippen LogP) is 3.12. The third-order valence-electron chi connectivity index (χ3n) is 2.36. The summed E-state index contributed by atoms with van der Waals surface area (Å²) in [4.78, 5) is 2.87. The van der Waals surface area contributed by atoms with Crippen LogP contribution in [0.15, 0.2) is 27.4 Å². The largest absolute Gasteiger partial charge is 0.489 e. The van der Waals surface area contributed by atoms with Gasteiger partial charge in [0.15, 0.2) is 4.34 Å². The molecular weight excluding hydrogens is 292 g/mol. The SMILES string of the molecule is CC(C)Oc1cccc(Sc2nnc(N(C)C)s2)c1N. The van der Waals surface area contributed by atoms with Gasteiger partial charge in [-0.05, 0) is 26.0 Å². The van der Waals surface area contributed by atoms with Crippen molar-refractivity contribution >= 4 is 33.9 Å². The molecule has 2 aromatic rings. The minimum absolute atomic E-state index is 0.0967. The second kappa shape index (κ2) is 6.32. The maximum absolute atomic E-state index is 6.15. The van der Waals surface area contributed by atoms with Crippen molar-refractivity contribution in [1.29, 1.82) is 0 Å². The fourth-order valence-electron chi connectivity index (χ4n) is 1.49. The molecule has 0 radical (unpaired) electrons. The smallest absolute Gasteiger partial charge is 0.208 e. The van der Waals surface area contributed by atoms with Crippen molar-refractivity contribution in [2.24, 2.45) is 0 Å². The summed E-state index contributed by atoms with van der Waals surface area (Å²) in [5.74, 6) is 0.711. The number of rotatable bonds is 5. The Hall–Kier alpha value is -1.47. The Balaban J connectivity index is 2.20. The molecule has 0 fully saturated rings. The van der Waals surface area contributed by atoms with E-state index in [4.69, 9.17) is 10.5 Å². The zero-order valence-corrected chi connectivity index (χ0v) is 13.6. The molecule has 0 aliphatic rings. The van der Waals surface area contributed by atoms with E-state index in [-0.39, 0.29) is 6.10 Å². The summed E-state index contributed by atoms with van der Waals surface area (Å²) in [5.41, 5.74) is 6.79. The first-order valence-electron chi connectivity index (χ1n) is 6.21. The van der Waals surface area contributed by atoms with Crippen LogP contribution >= 0.6 is 23.1 Å². The summed E-state index contributed by atoms with van der Waals surface area (Å²) in [6.45, 7) is 3.96. The molecule has 5 nitrogen and oxygen atoms in total. The van der Waals surface area contributed by atoms with Crippen molar-refractivity contribution in [1.82, 2.24) is 10.2 Å². The van der Waals surface area contributed by atoms with E-state index in [0.717, 1.165) is 14.4 Å². The highest BCUT2D eigenvalue weighted by Gasteiger charge is 2.12. The number of ether oxygens (including phenoxy) is 1. The highest BCUT2D eigenvalue weighted by Crippen LogP contribution is 2.39. The van der Waals surface area contributed by atoms with E-state index < -0.39 is 0 Å². The molecule has 1 heterocycles. The summed E-state index contributed by atoms with van der Waals surface area (Å²) < 4.78 is 6.55. The molecule has 0 unspecified atom stereocenters. The normalized spacial score (nSPS) is 10.8. The van der Waals surface area contributed by atoms with Gasteiger partial charge in [0.25, 0.3) is 0 Å². The molecule has 0 saturated carbocycles. The Kier molecular flexibility index (Phi) is 4.72. The number of nitrogen functional groups attached to an aromatic ring is 1. The van der Waals surface area contributed by atoms with Gasteiger partial charge in [0.1, 0.15) is 5.75 Å². The van der Waals surface area contributed by atoms with Crippen LogP contribution in [0.5, 0.6) is 5.75 Å². The van der Waals surface area contributed by atoms with Crippen molar-refractivity contribution in [3.63, 3.8) is 0 Å². The van der Waals surface area contributed by atoms with Crippen LogP contribution in [-0.4, -0.2) is 30.4 Å². The molecule has 0 saturated heterocycles. The van der Waals surface area contributed by atoms with Crippen LogP contribution < -0.4 is 15.4 Å². The quantitative estimate of drug-likeness (QED) is 0.856. The molecule has 20 heavy (non-hydrogen) atoms. The molecule has 2 N–H and O–H groups in total. The molecule has 2 rings (SSSR count). The maximum Gasteiger partial charge on any atom is 0.208 e. The van der Waals surface area contributed by atoms with E-state index in [1.165, 1.54) is 23.1 Å². The lowest BCUT2D eigenvalue weighted by molar-refractivity contribution is 0.243. The number of hydrogen-bond acceptors (Lipinski definition) is 7. The highest BCUT2D eigenvalue weighted by atomic mass is 32.2. The van der Waals surface area contributed by atoms with Crippen LogP contribution in [0.1, 0.15) is 13.8 Å². The van der Waals surface area contributed by atoms with E-state index in [1.54, 1.807) is 0 Å². The second-order valence-electron chi connectivity index (χ2n) is 4.68. The fraction of sp³-hybridized carbons (Fsp3) is 0.385. The number of nitrogens with zero attached hydrogens (tertiary/aromatic N) is 3. The minimum Gasteiger partial charge on any atom is -0.489 e. The van der Waals surface area contributed by atoms with E-state index in [9.17, 15) is 0 Å². The minimum atomic E-state index is 0.0967. The number of benzene rings is 1. The molecule has 1 aromatic heterocycles. The van der Waals surface area contributed by atoms with Gasteiger partial charge in [0, 0.05) is 19.0 Å². The highest BCUT2D eigenvalue weighted by molar-refractivity contribution is 8.01. The van der Waals surface area contributed by atoms with Gasteiger partial charge >= 0.3 is 0 Å². The molecule has 108 valence electrons. The first kappa shape index (κ1) is 14.9. The van der Waals surface area contributed by atoms with Crippen LogP contribution in [0.25, 0.3) is 0 Å². The average molecular weight is 310 g/mol. The Morgan fingerprint density at radius 3 is 2.65 bits per heavy atom. The van der Waals surface area contributed by atoms with Crippen LogP contribution in [0.3, 0.4) is 0 Å². The van der Waals surface area contributed by atoms with Crippen LogP contribution in [0.4, 0.5) is 10.8 Å². The lowest BCUT2D eigenvalue weighted by Gasteiger charge is -2.13. The summed E-state index contributed by atoms with van der Waals surface area (Å²) in [6, 6.07) is 5.78. The van der Waals surface area contributed by atoms with Gasteiger partial charge in [0.2, 0.25) is 5.13 Å². The maximum atomic E-state index is 6.15. The molecule has 0 aliphatic heterocycles. The number of aromatic nitrogens is 2. The summed E-state index contributed by atoms with van der Waals surface area (Å²) in [5, 5.41) is 9.15. The van der Waals surface area contributed by atoms with E-state index in [1.807, 2.05) is 51.0 Å². The van der Waals surface area contributed by atoms with Gasteiger partial charge in [-0.2, -0.15) is 0 Å². The van der Waals surface area contributed by atoms with E-state index in [0.29, 0.717) is 11.4 Å². The van der Waals surface area contributed by atoms with Gasteiger partial charge in [0.05, 0.1) is 11.8 Å². The molecule has 0 spiro atoms. The zero-order chi connectivity index (χ0) is 14.7. The molecule has 1 aromatic carbocycles. The monoisotopic (exact) mass is 310 g/mol. The molecular formula is C13H18N4OS2. The Morgan fingerprint density at radius 2 is 2.05 bits per heavy atom. The van der Waals surface area contributed by atoms with Gasteiger partial charge < -0.3 is 15.4 Å². The van der Waals surface area contributed by atoms with Gasteiger partial charge in [-0.3, -0.25) is 0 Å². The first-order valence-corrected chi connectivity index (χ1v) is 7.84. The molecule has 7 heteroatoms. The number of hydrogen-bond donors (Lipinski definition) is 1. The van der Waals surface area contributed by atoms with Gasteiger partial charge in [-0.15, -0.1) is 10.2 Å². The van der Waals surface area contributed by atoms with Crippen LogP contribution in [0, 0.1) is 0 Å². The fourth-order valence-corrected chi connectivity index (χ4v) is 3.28. The molecule has 0 amide bonds. The second-order valence-corrected chi connectivity index (χ2v) is 6.93. The topological polar surface area (TPSA) is 64.3 Å². The standard InChI is InChI=1S/C13H18N4OS2/c1-8(2)18-9-6-5-7-10(11(9)14)19-13-16-15-12(20-13)17(3)4/h5-8H,14H2,1-4H3. The zero-order valence-electron chi connectivity index (χ0n) is 12.0. The third-order valence-corrected chi connectivity index (χ3v) is 4.58. The van der Waals surface area contributed by atoms with Crippen molar-refractivity contribution in [3.8, 4) is 5.75 Å². The van der Waals surface area contributed by atoms with Crippen LogP contribution in [-0.2, 0) is 0 Å². The Bertz CT molecular complexity index is 584. The Morgan fingerprint density at radius 1 is 1.30 bits per heavy atom. The van der Waals surface area contributed by atoms with Gasteiger partial charge in [-0.25, -0.2) is 0 Å². The van der Waals surface area contributed by atoms with Gasteiger partial charge in [-0.1, -0.05) is 29.2 Å². The molecule has 0 bridgehead atoms. The Labute approximate surface area is 127 Å². The first-order chi connectivity index (χ1) is 9.47. The summed E-state index contributed by atoms with van der Waals surface area (Å²) >= 11 is 3.04. The lowest BCUT2D eigenvalue weighted by atomic mass is 10.3. The van der Waals surface area contributed by atoms with Crippen molar-refractivity contribution in [2.45, 2.75) is 29.2 Å². The summed E-state index contributed by atoms with van der Waals surface area (Å²) in [7, 11) is 3.89. The number of para-hydroxylation sites is 1. The average Bonchev–Trinajstić information content (AvgIpc) is 2.82. The predicted molar refractivity (Wildman–Crippen MR) is 85.0 cm³/mol. The number of nitrogens with two attached hydrogens (primary N) is 1. The van der Waals surface area contributed by atoms with Crippen LogP contribution in [0.2, 0.25) is 0 Å². The third kappa shape index (κ3) is 3.55. The molecule has 0 aliphatic carbocycles. The lowest BCUT2D eigenvalue weighted by Crippen LogP contribution is -2.07. The van der Waals surface area contributed by atoms with Crippen molar-refractivity contribution < 1.29 is 4.74 Å².